The van der Waals surface area contributed by atoms with Gasteiger partial charge in [0.25, 0.3) is 5.91 Å². The lowest BCUT2D eigenvalue weighted by molar-refractivity contribution is 0.0935. The second-order valence-electron chi connectivity index (χ2n) is 3.20. The summed E-state index contributed by atoms with van der Waals surface area (Å²) < 4.78 is 25.8. The largest absolute Gasteiger partial charge is 0.348 e. The van der Waals surface area contributed by atoms with Gasteiger partial charge in [-0.1, -0.05) is 0 Å². The zero-order valence-corrected chi connectivity index (χ0v) is 8.50. The molecule has 1 rings (SSSR count). The van der Waals surface area contributed by atoms with Crippen molar-refractivity contribution in [3.05, 3.63) is 29.6 Å². The molecular formula is C10H9F2N3O. The van der Waals surface area contributed by atoms with Gasteiger partial charge in [-0.05, 0) is 13.0 Å². The molecule has 0 aliphatic heterocycles. The molecule has 4 nitrogen and oxygen atoms in total. The van der Waals surface area contributed by atoms with Crippen LogP contribution in [-0.2, 0) is 0 Å². The summed E-state index contributed by atoms with van der Waals surface area (Å²) in [5, 5.41) is 10.7. The van der Waals surface area contributed by atoms with Gasteiger partial charge >= 0.3 is 0 Å². The highest BCUT2D eigenvalue weighted by Crippen LogP contribution is 2.09. The second kappa shape index (κ2) is 5.16. The van der Waals surface area contributed by atoms with Crippen LogP contribution >= 0.6 is 0 Å². The number of hydrogen-bond acceptors (Lipinski definition) is 3. The van der Waals surface area contributed by atoms with Gasteiger partial charge in [-0.15, -0.1) is 0 Å². The number of nitrogens with zero attached hydrogens (tertiary/aromatic N) is 2. The first-order valence-corrected chi connectivity index (χ1v) is 4.54. The number of pyridine rings is 1. The van der Waals surface area contributed by atoms with Crippen LogP contribution in [0.2, 0.25) is 0 Å². The lowest BCUT2D eigenvalue weighted by Crippen LogP contribution is -2.33. The zero-order chi connectivity index (χ0) is 12.1. The maximum atomic E-state index is 13.1. The summed E-state index contributed by atoms with van der Waals surface area (Å²) in [6.07, 6.45) is 1.10. The van der Waals surface area contributed by atoms with Gasteiger partial charge in [-0.25, -0.2) is 9.37 Å². The molecular weight excluding hydrogens is 216 g/mol. The van der Waals surface area contributed by atoms with Gasteiger partial charge in [0.2, 0.25) is 5.95 Å². The number of halogens is 2. The van der Waals surface area contributed by atoms with Gasteiger partial charge in [-0.3, -0.25) is 4.79 Å². The van der Waals surface area contributed by atoms with Crippen LogP contribution in [0.3, 0.4) is 0 Å². The normalized spacial score (nSPS) is 11.6. The molecule has 1 amide bonds. The topological polar surface area (TPSA) is 65.8 Å². The van der Waals surface area contributed by atoms with Crippen molar-refractivity contribution >= 4 is 5.91 Å². The molecule has 84 valence electrons. The van der Waals surface area contributed by atoms with Gasteiger partial charge in [-0.2, -0.15) is 9.65 Å². The average Bonchev–Trinajstić information content (AvgIpc) is 2.22. The van der Waals surface area contributed by atoms with E-state index < -0.39 is 29.3 Å². The number of aromatic nitrogens is 1. The van der Waals surface area contributed by atoms with Crippen molar-refractivity contribution in [2.45, 2.75) is 19.4 Å². The van der Waals surface area contributed by atoms with Crippen molar-refractivity contribution in [3.63, 3.8) is 0 Å². The van der Waals surface area contributed by atoms with Crippen molar-refractivity contribution < 1.29 is 13.6 Å². The Balaban J connectivity index is 2.82. The lowest BCUT2D eigenvalue weighted by atomic mass is 10.2. The first-order valence-electron chi connectivity index (χ1n) is 4.54. The molecule has 0 bridgehead atoms. The summed E-state index contributed by atoms with van der Waals surface area (Å²) in [6.45, 7) is 1.59. The highest BCUT2D eigenvalue weighted by Gasteiger charge is 2.17. The zero-order valence-electron chi connectivity index (χ0n) is 8.50. The minimum atomic E-state index is -1.32. The third kappa shape index (κ3) is 2.73. The van der Waals surface area contributed by atoms with Crippen LogP contribution in [0.1, 0.15) is 23.7 Å². The van der Waals surface area contributed by atoms with E-state index in [0.717, 1.165) is 12.3 Å². The Bertz CT molecular complexity index is 442. The van der Waals surface area contributed by atoms with Crippen molar-refractivity contribution in [3.8, 4) is 6.07 Å². The van der Waals surface area contributed by atoms with Gasteiger partial charge < -0.3 is 5.32 Å². The highest BCUT2D eigenvalue weighted by molar-refractivity contribution is 5.94. The third-order valence-corrected chi connectivity index (χ3v) is 1.87. The fourth-order valence-corrected chi connectivity index (χ4v) is 1.08. The monoisotopic (exact) mass is 225 g/mol. The molecule has 0 fully saturated rings. The van der Waals surface area contributed by atoms with E-state index >= 15 is 0 Å². The van der Waals surface area contributed by atoms with Crippen molar-refractivity contribution in [2.75, 3.05) is 0 Å². The van der Waals surface area contributed by atoms with Gasteiger partial charge in [0, 0.05) is 12.2 Å². The fourth-order valence-electron chi connectivity index (χ4n) is 1.08. The van der Waals surface area contributed by atoms with Gasteiger partial charge in [0.15, 0.2) is 5.82 Å². The molecule has 1 aromatic heterocycles. The Hall–Kier alpha value is -2.03. The molecule has 0 aliphatic carbocycles. The van der Waals surface area contributed by atoms with Crippen LogP contribution in [-0.4, -0.2) is 16.9 Å². The molecule has 6 heteroatoms. The molecule has 0 radical (unpaired) electrons. The molecule has 1 heterocycles. The van der Waals surface area contributed by atoms with Crippen LogP contribution in [0.4, 0.5) is 8.78 Å². The van der Waals surface area contributed by atoms with Gasteiger partial charge in [0.05, 0.1) is 18.1 Å². The van der Waals surface area contributed by atoms with E-state index in [9.17, 15) is 13.6 Å². The molecule has 1 aromatic rings. The van der Waals surface area contributed by atoms with Crippen molar-refractivity contribution in [1.29, 1.82) is 5.26 Å². The first kappa shape index (κ1) is 12.0. The van der Waals surface area contributed by atoms with E-state index in [-0.39, 0.29) is 6.42 Å². The molecule has 0 aliphatic rings. The predicted octanol–water partition coefficient (Wildman–Crippen LogP) is 1.39. The standard InChI is InChI=1S/C10H9F2N3O/c1-6(2-4-13)15-10(16)7-3-5-14-9(12)8(7)11/h3,5-6H,2H2,1H3,(H,15,16). The summed E-state index contributed by atoms with van der Waals surface area (Å²) in [6, 6.07) is 2.51. The number of carbonyl (C=O) groups excluding carboxylic acids is 1. The van der Waals surface area contributed by atoms with E-state index in [1.807, 2.05) is 6.07 Å². The lowest BCUT2D eigenvalue weighted by Gasteiger charge is -2.10. The molecule has 0 saturated heterocycles. The summed E-state index contributed by atoms with van der Waals surface area (Å²) in [7, 11) is 0. The number of rotatable bonds is 3. The number of amides is 1. The summed E-state index contributed by atoms with van der Waals surface area (Å²) >= 11 is 0. The number of nitriles is 1. The van der Waals surface area contributed by atoms with E-state index in [4.69, 9.17) is 5.26 Å². The minimum absolute atomic E-state index is 0.0981. The molecule has 0 spiro atoms. The maximum absolute atomic E-state index is 13.1. The first-order chi connectivity index (χ1) is 7.56. The maximum Gasteiger partial charge on any atom is 0.254 e. The number of carbonyl (C=O) groups is 1. The van der Waals surface area contributed by atoms with E-state index in [1.165, 1.54) is 0 Å². The van der Waals surface area contributed by atoms with Crippen molar-refractivity contribution in [1.82, 2.24) is 10.3 Å². The minimum Gasteiger partial charge on any atom is -0.348 e. The Kier molecular flexibility index (Phi) is 3.89. The fraction of sp³-hybridized carbons (Fsp3) is 0.300. The average molecular weight is 225 g/mol. The third-order valence-electron chi connectivity index (χ3n) is 1.87. The smallest absolute Gasteiger partial charge is 0.254 e. The molecule has 1 atom stereocenters. The van der Waals surface area contributed by atoms with Crippen LogP contribution < -0.4 is 5.32 Å². The molecule has 0 aromatic carbocycles. The van der Waals surface area contributed by atoms with E-state index in [2.05, 4.69) is 10.3 Å². The van der Waals surface area contributed by atoms with Gasteiger partial charge in [0.1, 0.15) is 0 Å². The summed E-state index contributed by atoms with van der Waals surface area (Å²) in [4.78, 5) is 14.5. The Morgan fingerprint density at radius 1 is 1.69 bits per heavy atom. The number of hydrogen-bond donors (Lipinski definition) is 1. The highest BCUT2D eigenvalue weighted by atomic mass is 19.2. The second-order valence-corrected chi connectivity index (χ2v) is 3.20. The molecule has 1 unspecified atom stereocenters. The molecule has 1 N–H and O–H groups in total. The number of nitrogens with one attached hydrogen (secondary N) is 1. The Morgan fingerprint density at radius 3 is 3.00 bits per heavy atom. The predicted molar refractivity (Wildman–Crippen MR) is 51.3 cm³/mol. The van der Waals surface area contributed by atoms with Crippen LogP contribution in [0.15, 0.2) is 12.3 Å². The summed E-state index contributed by atoms with van der Waals surface area (Å²) in [5.74, 6) is -3.37. The van der Waals surface area contributed by atoms with Crippen LogP contribution in [0, 0.1) is 23.1 Å². The van der Waals surface area contributed by atoms with Crippen LogP contribution in [0.25, 0.3) is 0 Å². The summed E-state index contributed by atoms with van der Waals surface area (Å²) in [5.41, 5.74) is -0.419. The Morgan fingerprint density at radius 2 is 2.38 bits per heavy atom. The quantitative estimate of drug-likeness (QED) is 0.790. The molecule has 16 heavy (non-hydrogen) atoms. The Labute approximate surface area is 90.9 Å². The van der Waals surface area contributed by atoms with Crippen molar-refractivity contribution in [2.24, 2.45) is 0 Å². The SMILES string of the molecule is CC(CC#N)NC(=O)c1ccnc(F)c1F. The van der Waals surface area contributed by atoms with Crippen LogP contribution in [0.5, 0.6) is 0 Å². The van der Waals surface area contributed by atoms with E-state index in [1.54, 1.807) is 6.92 Å². The molecule has 0 saturated carbocycles. The van der Waals surface area contributed by atoms with E-state index in [0.29, 0.717) is 0 Å².